The van der Waals surface area contributed by atoms with Gasteiger partial charge in [-0.1, -0.05) is 35.2 Å². The largest absolute Gasteiger partial charge is 0.440 e. The molecule has 2 aliphatic rings. The molecule has 30 heavy (non-hydrogen) atoms. The Labute approximate surface area is 183 Å². The van der Waals surface area contributed by atoms with Gasteiger partial charge in [0.1, 0.15) is 11.6 Å². The van der Waals surface area contributed by atoms with Crippen LogP contribution >= 0.6 is 15.9 Å². The predicted octanol–water partition coefficient (Wildman–Crippen LogP) is 5.28. The smallest absolute Gasteiger partial charge is 0.282 e. The van der Waals surface area contributed by atoms with E-state index in [4.69, 9.17) is 9.40 Å². The molecule has 156 valence electrons. The number of nitrogens with zero attached hydrogens (tertiary/aromatic N) is 4. The van der Waals surface area contributed by atoms with Crippen LogP contribution in [0.4, 0.5) is 5.88 Å². The van der Waals surface area contributed by atoms with Crippen LogP contribution in [-0.4, -0.2) is 29.0 Å². The Balaban J connectivity index is 1.55. The summed E-state index contributed by atoms with van der Waals surface area (Å²) in [5.74, 6) is 2.53. The van der Waals surface area contributed by atoms with Crippen molar-refractivity contribution in [1.29, 1.82) is 0 Å². The van der Waals surface area contributed by atoms with Crippen LogP contribution in [0.15, 0.2) is 49.1 Å². The quantitative estimate of drug-likeness (QED) is 0.488. The Morgan fingerprint density at radius 3 is 2.67 bits per heavy atom. The fraction of sp³-hybridized carbons (Fsp3) is 0.435. The van der Waals surface area contributed by atoms with Gasteiger partial charge in [-0.2, -0.15) is 9.78 Å². The Morgan fingerprint density at radius 1 is 1.07 bits per heavy atom. The molecule has 1 saturated heterocycles. The molecule has 1 saturated carbocycles. The Bertz CT molecular complexity index is 1140. The van der Waals surface area contributed by atoms with Crippen molar-refractivity contribution in [1.82, 2.24) is 9.66 Å². The molecule has 0 N–H and O–H groups in total. The van der Waals surface area contributed by atoms with Gasteiger partial charge < -0.3 is 9.32 Å². The first kappa shape index (κ1) is 19.5. The first-order valence-electron chi connectivity index (χ1n) is 10.8. The summed E-state index contributed by atoms with van der Waals surface area (Å²) < 4.78 is 8.30. The lowest BCUT2D eigenvalue weighted by atomic mass is 9.88. The summed E-state index contributed by atoms with van der Waals surface area (Å²) in [5, 5.41) is 5.13. The predicted molar refractivity (Wildman–Crippen MR) is 123 cm³/mol. The zero-order valence-electron chi connectivity index (χ0n) is 16.9. The molecular formula is C23H25BrN4O2. The summed E-state index contributed by atoms with van der Waals surface area (Å²) in [6.45, 7) is 2.05. The van der Waals surface area contributed by atoms with E-state index in [1.54, 1.807) is 6.21 Å². The van der Waals surface area contributed by atoms with Crippen molar-refractivity contribution in [3.63, 3.8) is 0 Å². The number of halogens is 1. The van der Waals surface area contributed by atoms with E-state index in [9.17, 15) is 4.79 Å². The number of aromatic nitrogens is 2. The molecule has 2 fully saturated rings. The summed E-state index contributed by atoms with van der Waals surface area (Å²) >= 11 is 3.46. The lowest BCUT2D eigenvalue weighted by molar-refractivity contribution is 0.416. The maximum absolute atomic E-state index is 13.3. The molecule has 0 radical (unpaired) electrons. The molecule has 2 aromatic heterocycles. The first-order chi connectivity index (χ1) is 14.7. The summed E-state index contributed by atoms with van der Waals surface area (Å²) in [6.07, 6.45) is 9.70. The summed E-state index contributed by atoms with van der Waals surface area (Å²) in [4.78, 5) is 20.4. The lowest BCUT2D eigenvalue weighted by Gasteiger charge is -2.22. The van der Waals surface area contributed by atoms with E-state index >= 15 is 0 Å². The zero-order valence-corrected chi connectivity index (χ0v) is 18.5. The van der Waals surface area contributed by atoms with E-state index in [-0.39, 0.29) is 11.5 Å². The van der Waals surface area contributed by atoms with Crippen molar-refractivity contribution in [2.24, 2.45) is 5.10 Å². The van der Waals surface area contributed by atoms with Gasteiger partial charge >= 0.3 is 0 Å². The third-order valence-corrected chi connectivity index (χ3v) is 6.63. The summed E-state index contributed by atoms with van der Waals surface area (Å²) in [7, 11) is 0. The number of rotatable bonds is 4. The molecular weight excluding hydrogens is 444 g/mol. The number of hydrogen-bond donors (Lipinski definition) is 0. The average Bonchev–Trinajstić information content (AvgIpc) is 3.46. The van der Waals surface area contributed by atoms with Crippen molar-refractivity contribution >= 4 is 38.9 Å². The van der Waals surface area contributed by atoms with Crippen LogP contribution in [0.2, 0.25) is 0 Å². The maximum Gasteiger partial charge on any atom is 0.282 e. The molecule has 0 atom stereocenters. The Kier molecular flexibility index (Phi) is 5.46. The minimum Gasteiger partial charge on any atom is -0.440 e. The van der Waals surface area contributed by atoms with Crippen molar-refractivity contribution in [3.8, 4) is 0 Å². The molecule has 3 heterocycles. The Hall–Kier alpha value is -2.41. The second kappa shape index (κ2) is 8.38. The molecule has 3 aromatic rings. The second-order valence-corrected chi connectivity index (χ2v) is 9.11. The lowest BCUT2D eigenvalue weighted by Crippen LogP contribution is -2.25. The van der Waals surface area contributed by atoms with Gasteiger partial charge in [-0.15, -0.1) is 0 Å². The molecule has 1 aliphatic carbocycles. The van der Waals surface area contributed by atoms with Gasteiger partial charge in [0.2, 0.25) is 0 Å². The third-order valence-electron chi connectivity index (χ3n) is 6.13. The summed E-state index contributed by atoms with van der Waals surface area (Å²) in [5.41, 5.74) is 0.592. The molecule has 7 heteroatoms. The first-order valence-corrected chi connectivity index (χ1v) is 11.6. The van der Waals surface area contributed by atoms with Crippen LogP contribution in [0.5, 0.6) is 0 Å². The standard InChI is InChI=1S/C23H25BrN4O2/c24-17-8-10-20-19(14-17)23(29)28(22(26-20)16-6-2-1-3-7-16)25-15-18-9-11-21(30-18)27-12-4-5-13-27/h8-11,14-16H,1-7,12-13H2. The van der Waals surface area contributed by atoms with Crippen LogP contribution in [0.25, 0.3) is 10.9 Å². The van der Waals surface area contributed by atoms with Crippen LogP contribution < -0.4 is 10.5 Å². The number of hydrogen-bond acceptors (Lipinski definition) is 5. The van der Waals surface area contributed by atoms with E-state index in [0.717, 1.165) is 47.6 Å². The molecule has 0 bridgehead atoms. The van der Waals surface area contributed by atoms with E-state index in [0.29, 0.717) is 11.1 Å². The highest BCUT2D eigenvalue weighted by molar-refractivity contribution is 9.10. The van der Waals surface area contributed by atoms with Gasteiger partial charge in [-0.3, -0.25) is 4.79 Å². The third kappa shape index (κ3) is 3.83. The number of anilines is 1. The van der Waals surface area contributed by atoms with E-state index < -0.39 is 0 Å². The van der Waals surface area contributed by atoms with Gasteiger partial charge in [0, 0.05) is 29.5 Å². The van der Waals surface area contributed by atoms with E-state index in [1.165, 1.54) is 36.8 Å². The number of benzene rings is 1. The van der Waals surface area contributed by atoms with E-state index in [2.05, 4.69) is 25.9 Å². The van der Waals surface area contributed by atoms with Gasteiger partial charge in [-0.05, 0) is 49.9 Å². The monoisotopic (exact) mass is 468 g/mol. The number of fused-ring (bicyclic) bond motifs is 1. The second-order valence-electron chi connectivity index (χ2n) is 8.20. The van der Waals surface area contributed by atoms with Crippen molar-refractivity contribution in [2.75, 3.05) is 18.0 Å². The number of furan rings is 1. The van der Waals surface area contributed by atoms with Crippen LogP contribution in [0.1, 0.15) is 62.4 Å². The van der Waals surface area contributed by atoms with Gasteiger partial charge in [-0.25, -0.2) is 4.98 Å². The molecule has 0 spiro atoms. The molecule has 6 nitrogen and oxygen atoms in total. The minimum atomic E-state index is -0.135. The fourth-order valence-electron chi connectivity index (χ4n) is 4.54. The maximum atomic E-state index is 13.3. The molecule has 0 unspecified atom stereocenters. The highest BCUT2D eigenvalue weighted by atomic mass is 79.9. The highest BCUT2D eigenvalue weighted by Crippen LogP contribution is 2.32. The minimum absolute atomic E-state index is 0.135. The normalized spacial score (nSPS) is 18.1. The molecule has 1 aliphatic heterocycles. The van der Waals surface area contributed by atoms with Gasteiger partial charge in [0.05, 0.1) is 17.1 Å². The molecule has 0 amide bonds. The van der Waals surface area contributed by atoms with Gasteiger partial charge in [0.15, 0.2) is 5.88 Å². The zero-order chi connectivity index (χ0) is 20.5. The van der Waals surface area contributed by atoms with Gasteiger partial charge in [0.25, 0.3) is 5.56 Å². The fourth-order valence-corrected chi connectivity index (χ4v) is 4.90. The highest BCUT2D eigenvalue weighted by Gasteiger charge is 2.22. The average molecular weight is 469 g/mol. The van der Waals surface area contributed by atoms with Crippen LogP contribution in [0, 0.1) is 0 Å². The van der Waals surface area contributed by atoms with E-state index in [1.807, 2.05) is 30.3 Å². The summed E-state index contributed by atoms with van der Waals surface area (Å²) in [6, 6.07) is 9.53. The van der Waals surface area contributed by atoms with Crippen LogP contribution in [-0.2, 0) is 0 Å². The van der Waals surface area contributed by atoms with Crippen molar-refractivity contribution in [3.05, 3.63) is 56.7 Å². The SMILES string of the molecule is O=c1c2cc(Br)ccc2nc(C2CCCCC2)n1N=Cc1ccc(N2CCCC2)o1. The molecule has 5 rings (SSSR count). The van der Waals surface area contributed by atoms with Crippen molar-refractivity contribution in [2.45, 2.75) is 50.9 Å². The van der Waals surface area contributed by atoms with Crippen molar-refractivity contribution < 1.29 is 4.42 Å². The topological polar surface area (TPSA) is 63.6 Å². The Morgan fingerprint density at radius 2 is 1.87 bits per heavy atom. The van der Waals surface area contributed by atoms with Crippen LogP contribution in [0.3, 0.4) is 0 Å². The molecule has 1 aromatic carbocycles.